The first-order chi connectivity index (χ1) is 17.3. The summed E-state index contributed by atoms with van der Waals surface area (Å²) in [7, 11) is 0. The molecular formula is C26H48N2O9. The van der Waals surface area contributed by atoms with Crippen molar-refractivity contribution in [3.8, 4) is 0 Å². The third-order valence-electron chi connectivity index (χ3n) is 6.32. The number of aliphatic hydroxyl groups is 1. The van der Waals surface area contributed by atoms with E-state index in [0.29, 0.717) is 43.8 Å². The van der Waals surface area contributed by atoms with Crippen LogP contribution >= 0.6 is 0 Å². The Bertz CT molecular complexity index is 695. The fourth-order valence-corrected chi connectivity index (χ4v) is 4.68. The van der Waals surface area contributed by atoms with Crippen LogP contribution in [0.2, 0.25) is 0 Å². The maximum atomic E-state index is 12.1. The average Bonchev–Trinajstić information content (AvgIpc) is 3.32. The number of carbonyl (C=O) groups is 2. The summed E-state index contributed by atoms with van der Waals surface area (Å²) in [5.74, 6) is 0.396. The molecule has 0 aromatic rings. The second kappa shape index (κ2) is 14.5. The third kappa shape index (κ3) is 10.9. The van der Waals surface area contributed by atoms with Gasteiger partial charge in [-0.3, -0.25) is 10.0 Å². The van der Waals surface area contributed by atoms with Crippen molar-refractivity contribution in [3.63, 3.8) is 0 Å². The van der Waals surface area contributed by atoms with E-state index in [1.165, 1.54) is 5.06 Å². The number of rotatable bonds is 5. The lowest BCUT2D eigenvalue weighted by atomic mass is 9.91. The fourth-order valence-electron chi connectivity index (χ4n) is 4.68. The van der Waals surface area contributed by atoms with Crippen LogP contribution in [0.15, 0.2) is 0 Å². The van der Waals surface area contributed by atoms with E-state index in [1.54, 1.807) is 20.8 Å². The molecule has 2 amide bonds. The number of carbonyl (C=O) groups excluding carboxylic acids is 2. The Morgan fingerprint density at radius 1 is 0.946 bits per heavy atom. The summed E-state index contributed by atoms with van der Waals surface area (Å²) in [5, 5.41) is 21.1. The van der Waals surface area contributed by atoms with Crippen LogP contribution in [0.4, 0.5) is 9.59 Å². The van der Waals surface area contributed by atoms with Gasteiger partial charge < -0.3 is 24.1 Å². The van der Waals surface area contributed by atoms with Crippen LogP contribution in [0.25, 0.3) is 0 Å². The Morgan fingerprint density at radius 3 is 2.08 bits per heavy atom. The summed E-state index contributed by atoms with van der Waals surface area (Å²) < 4.78 is 21.4. The molecule has 0 spiro atoms. The Morgan fingerprint density at radius 2 is 1.57 bits per heavy atom. The first kappa shape index (κ1) is 31.6. The largest absolute Gasteiger partial charge is 0.442 e. The SMILES string of the molecule is CC(C)(C)OC(=O)N(O)C(CCO)C1CCCOC1.CC(C)(C)OC(=O)N1OCCC1C1CCCOC1. The molecule has 3 fully saturated rings. The number of ether oxygens (including phenoxy) is 4. The highest BCUT2D eigenvalue weighted by atomic mass is 16.7. The smallest absolute Gasteiger partial charge is 0.434 e. The minimum Gasteiger partial charge on any atom is -0.442 e. The summed E-state index contributed by atoms with van der Waals surface area (Å²) in [5.41, 5.74) is -1.15. The summed E-state index contributed by atoms with van der Waals surface area (Å²) >= 11 is 0. The highest BCUT2D eigenvalue weighted by molar-refractivity contribution is 5.67. The van der Waals surface area contributed by atoms with E-state index in [-0.39, 0.29) is 24.7 Å². The average molecular weight is 533 g/mol. The molecule has 3 saturated heterocycles. The van der Waals surface area contributed by atoms with Crippen molar-refractivity contribution >= 4 is 12.2 Å². The van der Waals surface area contributed by atoms with Crippen LogP contribution < -0.4 is 0 Å². The first-order valence-corrected chi connectivity index (χ1v) is 13.4. The molecule has 0 aliphatic carbocycles. The van der Waals surface area contributed by atoms with Gasteiger partial charge in [0.25, 0.3) is 0 Å². The van der Waals surface area contributed by atoms with Gasteiger partial charge in [-0.05, 0) is 80.1 Å². The summed E-state index contributed by atoms with van der Waals surface area (Å²) in [6.45, 7) is 14.0. The predicted octanol–water partition coefficient (Wildman–Crippen LogP) is 4.14. The van der Waals surface area contributed by atoms with Crippen LogP contribution in [0.1, 0.15) is 80.1 Å². The third-order valence-corrected chi connectivity index (χ3v) is 6.32. The van der Waals surface area contributed by atoms with E-state index in [4.69, 9.17) is 28.9 Å². The summed E-state index contributed by atoms with van der Waals surface area (Å²) in [6.07, 6.45) is 3.93. The standard InChI is InChI=1S/C13H25NO5.C13H23NO4/c1-13(2,3)19-12(16)14(17)11(6-7-15)10-5-4-8-18-9-10;1-13(2,3)18-12(15)14-11(6-8-17-14)10-5-4-7-16-9-10/h10-11,15,17H,4-9H2,1-3H3;10-11H,4-9H2,1-3H3. The van der Waals surface area contributed by atoms with E-state index in [0.717, 1.165) is 38.7 Å². The predicted molar refractivity (Wildman–Crippen MR) is 135 cm³/mol. The molecule has 0 saturated carbocycles. The molecule has 216 valence electrons. The molecule has 3 rings (SSSR count). The topological polar surface area (TPSA) is 127 Å². The lowest BCUT2D eigenvalue weighted by Gasteiger charge is -2.35. The van der Waals surface area contributed by atoms with Crippen LogP contribution in [-0.2, 0) is 23.8 Å². The Hall–Kier alpha value is -1.66. The number of hydrogen-bond donors (Lipinski definition) is 2. The molecule has 0 radical (unpaired) electrons. The normalized spacial score (nSPS) is 25.5. The number of nitrogens with zero attached hydrogens (tertiary/aromatic N) is 2. The molecule has 0 aromatic carbocycles. The molecule has 0 bridgehead atoms. The van der Waals surface area contributed by atoms with Crippen LogP contribution in [0.5, 0.6) is 0 Å². The molecule has 11 nitrogen and oxygen atoms in total. The van der Waals surface area contributed by atoms with Crippen molar-refractivity contribution in [1.29, 1.82) is 0 Å². The van der Waals surface area contributed by atoms with Crippen molar-refractivity contribution in [2.75, 3.05) is 39.6 Å². The molecule has 4 atom stereocenters. The minimum atomic E-state index is -0.781. The molecule has 11 heteroatoms. The second-order valence-corrected chi connectivity index (χ2v) is 11.9. The van der Waals surface area contributed by atoms with E-state index >= 15 is 0 Å². The van der Waals surface area contributed by atoms with E-state index in [9.17, 15) is 14.8 Å². The quantitative estimate of drug-likeness (QED) is 0.396. The highest BCUT2D eigenvalue weighted by Gasteiger charge is 2.39. The number of amides is 2. The lowest BCUT2D eigenvalue weighted by molar-refractivity contribution is -0.146. The Kier molecular flexibility index (Phi) is 12.4. The van der Waals surface area contributed by atoms with Gasteiger partial charge in [-0.15, -0.1) is 0 Å². The maximum Gasteiger partial charge on any atom is 0.434 e. The maximum absolute atomic E-state index is 12.1. The lowest BCUT2D eigenvalue weighted by Crippen LogP contribution is -2.47. The summed E-state index contributed by atoms with van der Waals surface area (Å²) in [4.78, 5) is 29.3. The van der Waals surface area contributed by atoms with Crippen molar-refractivity contribution in [3.05, 3.63) is 0 Å². The van der Waals surface area contributed by atoms with Crippen molar-refractivity contribution in [2.24, 2.45) is 11.8 Å². The van der Waals surface area contributed by atoms with Gasteiger partial charge in [-0.25, -0.2) is 9.59 Å². The van der Waals surface area contributed by atoms with E-state index in [2.05, 4.69) is 0 Å². The molecule has 3 aliphatic heterocycles. The van der Waals surface area contributed by atoms with Gasteiger partial charge in [0, 0.05) is 31.7 Å². The van der Waals surface area contributed by atoms with Gasteiger partial charge in [0.2, 0.25) is 0 Å². The van der Waals surface area contributed by atoms with Crippen LogP contribution in [0.3, 0.4) is 0 Å². The van der Waals surface area contributed by atoms with Crippen molar-refractivity contribution < 1.29 is 43.7 Å². The zero-order chi connectivity index (χ0) is 27.6. The highest BCUT2D eigenvalue weighted by Crippen LogP contribution is 2.29. The Labute approximate surface area is 221 Å². The molecule has 3 heterocycles. The van der Waals surface area contributed by atoms with Crippen molar-refractivity contribution in [1.82, 2.24) is 10.1 Å². The molecule has 4 unspecified atom stereocenters. The monoisotopic (exact) mass is 532 g/mol. The van der Waals surface area contributed by atoms with E-state index < -0.39 is 23.3 Å². The number of hydrogen-bond acceptors (Lipinski definition) is 9. The minimum absolute atomic E-state index is 0.0263. The number of aliphatic hydroxyl groups excluding tert-OH is 1. The van der Waals surface area contributed by atoms with Gasteiger partial charge in [0.15, 0.2) is 0 Å². The van der Waals surface area contributed by atoms with Gasteiger partial charge >= 0.3 is 12.2 Å². The fraction of sp³-hybridized carbons (Fsp3) is 0.923. The number of hydroxylamine groups is 4. The first-order valence-electron chi connectivity index (χ1n) is 13.4. The van der Waals surface area contributed by atoms with Gasteiger partial charge in [0.1, 0.15) is 11.2 Å². The Balaban J connectivity index is 0.000000260. The van der Waals surface area contributed by atoms with Crippen LogP contribution in [0, 0.1) is 11.8 Å². The molecule has 3 aliphatic rings. The molecule has 2 N–H and O–H groups in total. The molecule has 37 heavy (non-hydrogen) atoms. The van der Waals surface area contributed by atoms with Crippen LogP contribution in [-0.4, -0.2) is 95.6 Å². The molecule has 0 aromatic heterocycles. The molecular weight excluding hydrogens is 484 g/mol. The summed E-state index contributed by atoms with van der Waals surface area (Å²) in [6, 6.07) is -0.375. The second-order valence-electron chi connectivity index (χ2n) is 11.9. The van der Waals surface area contributed by atoms with E-state index in [1.807, 2.05) is 20.8 Å². The van der Waals surface area contributed by atoms with Gasteiger partial charge in [-0.2, -0.15) is 10.1 Å². The zero-order valence-electron chi connectivity index (χ0n) is 23.4. The van der Waals surface area contributed by atoms with Gasteiger partial charge in [0.05, 0.1) is 31.9 Å². The van der Waals surface area contributed by atoms with Crippen molar-refractivity contribution in [2.45, 2.75) is 103 Å². The van der Waals surface area contributed by atoms with Gasteiger partial charge in [-0.1, -0.05) is 0 Å². The zero-order valence-corrected chi connectivity index (χ0v) is 23.4.